The number of thiazole rings is 1. The van der Waals surface area contributed by atoms with Crippen molar-refractivity contribution >= 4 is 11.3 Å². The molecular weight excluding hydrogens is 146 g/mol. The van der Waals surface area contributed by atoms with E-state index in [-0.39, 0.29) is 10.3 Å². The predicted octanol–water partition coefficient (Wildman–Crippen LogP) is 1.73. The molecule has 1 aromatic heterocycles. The first-order chi connectivity index (χ1) is 4.50. The average Bonchev–Trinajstić information content (AvgIpc) is 2.11. The number of aromatic amines is 1. The minimum Gasteiger partial charge on any atom is -0.316 e. The Morgan fingerprint density at radius 3 is 2.30 bits per heavy atom. The highest BCUT2D eigenvalue weighted by atomic mass is 32.1. The topological polar surface area (TPSA) is 32.9 Å². The fourth-order valence-corrected chi connectivity index (χ4v) is 1.45. The number of nitrogens with one attached hydrogen (secondary N) is 1. The lowest BCUT2D eigenvalue weighted by molar-refractivity contribution is 0.572. The Kier molecular flexibility index (Phi) is 1.68. The van der Waals surface area contributed by atoms with E-state index in [1.807, 2.05) is 5.38 Å². The summed E-state index contributed by atoms with van der Waals surface area (Å²) < 4.78 is 0. The van der Waals surface area contributed by atoms with E-state index in [2.05, 4.69) is 25.8 Å². The van der Waals surface area contributed by atoms with Gasteiger partial charge < -0.3 is 4.98 Å². The van der Waals surface area contributed by atoms with Crippen molar-refractivity contribution in [1.29, 1.82) is 0 Å². The molecule has 0 aliphatic rings. The fraction of sp³-hybridized carbons (Fsp3) is 0.571. The van der Waals surface area contributed by atoms with Gasteiger partial charge in [-0.05, 0) is 0 Å². The average molecular weight is 157 g/mol. The molecule has 3 heteroatoms. The van der Waals surface area contributed by atoms with E-state index in [0.717, 1.165) is 5.69 Å². The lowest BCUT2D eigenvalue weighted by Crippen LogP contribution is -2.13. The maximum Gasteiger partial charge on any atom is 0.304 e. The van der Waals surface area contributed by atoms with Gasteiger partial charge in [-0.2, -0.15) is 0 Å². The maximum atomic E-state index is 10.7. The normalized spacial score (nSPS) is 11.9. The molecule has 0 radical (unpaired) electrons. The summed E-state index contributed by atoms with van der Waals surface area (Å²) in [5.41, 5.74) is 1.08. The molecule has 0 aliphatic heterocycles. The van der Waals surface area contributed by atoms with E-state index >= 15 is 0 Å². The summed E-state index contributed by atoms with van der Waals surface area (Å²) in [5, 5.41) is 1.88. The Morgan fingerprint density at radius 1 is 1.50 bits per heavy atom. The zero-order valence-electron chi connectivity index (χ0n) is 6.39. The molecule has 0 spiro atoms. The van der Waals surface area contributed by atoms with Crippen LogP contribution in [0.3, 0.4) is 0 Å². The van der Waals surface area contributed by atoms with Gasteiger partial charge in [0.15, 0.2) is 0 Å². The van der Waals surface area contributed by atoms with Crippen molar-refractivity contribution in [2.75, 3.05) is 0 Å². The van der Waals surface area contributed by atoms with Gasteiger partial charge in [-0.3, -0.25) is 4.79 Å². The van der Waals surface area contributed by atoms with Gasteiger partial charge in [-0.15, -0.1) is 0 Å². The van der Waals surface area contributed by atoms with E-state index in [1.54, 1.807) is 0 Å². The van der Waals surface area contributed by atoms with Crippen molar-refractivity contribution in [3.63, 3.8) is 0 Å². The lowest BCUT2D eigenvalue weighted by Gasteiger charge is -2.14. The number of H-pyrrole nitrogens is 1. The highest BCUT2D eigenvalue weighted by Crippen LogP contribution is 2.19. The van der Waals surface area contributed by atoms with Crippen LogP contribution in [0.15, 0.2) is 10.2 Å². The van der Waals surface area contributed by atoms with Gasteiger partial charge in [0, 0.05) is 16.5 Å². The molecular formula is C7H11NOS. The van der Waals surface area contributed by atoms with Crippen LogP contribution in [0.1, 0.15) is 26.5 Å². The van der Waals surface area contributed by atoms with Crippen LogP contribution in [0.4, 0.5) is 0 Å². The SMILES string of the molecule is CC(C)(C)c1csc(=O)[nH]1. The first-order valence-electron chi connectivity index (χ1n) is 3.18. The van der Waals surface area contributed by atoms with Crippen LogP contribution in [0.5, 0.6) is 0 Å². The van der Waals surface area contributed by atoms with E-state index in [1.165, 1.54) is 11.3 Å². The highest BCUT2D eigenvalue weighted by Gasteiger charge is 2.14. The number of rotatable bonds is 0. The highest BCUT2D eigenvalue weighted by molar-refractivity contribution is 7.07. The van der Waals surface area contributed by atoms with Crippen LogP contribution >= 0.6 is 11.3 Å². The van der Waals surface area contributed by atoms with E-state index in [0.29, 0.717) is 0 Å². The molecule has 0 saturated heterocycles. The molecule has 1 N–H and O–H groups in total. The molecule has 1 heterocycles. The summed E-state index contributed by atoms with van der Waals surface area (Å²) >= 11 is 1.22. The van der Waals surface area contributed by atoms with Crippen LogP contribution in [0.2, 0.25) is 0 Å². The minimum absolute atomic E-state index is 0.0323. The summed E-state index contributed by atoms with van der Waals surface area (Å²) in [5.74, 6) is 0. The third-order valence-corrected chi connectivity index (χ3v) is 2.00. The van der Waals surface area contributed by atoms with E-state index < -0.39 is 0 Å². The Hall–Kier alpha value is -0.570. The van der Waals surface area contributed by atoms with Crippen molar-refractivity contribution in [3.05, 3.63) is 20.7 Å². The van der Waals surface area contributed by atoms with Crippen LogP contribution in [-0.2, 0) is 5.41 Å². The van der Waals surface area contributed by atoms with Gasteiger partial charge >= 0.3 is 4.87 Å². The molecule has 0 saturated carbocycles. The van der Waals surface area contributed by atoms with Gasteiger partial charge in [0.05, 0.1) is 0 Å². The van der Waals surface area contributed by atoms with E-state index in [4.69, 9.17) is 0 Å². The maximum absolute atomic E-state index is 10.7. The first-order valence-corrected chi connectivity index (χ1v) is 4.06. The molecule has 0 fully saturated rings. The molecule has 1 aromatic rings. The predicted molar refractivity (Wildman–Crippen MR) is 43.6 cm³/mol. The molecule has 0 aromatic carbocycles. The molecule has 2 nitrogen and oxygen atoms in total. The Bertz CT molecular complexity index is 266. The van der Waals surface area contributed by atoms with E-state index in [9.17, 15) is 4.79 Å². The van der Waals surface area contributed by atoms with Crippen LogP contribution in [0.25, 0.3) is 0 Å². The third-order valence-electron chi connectivity index (χ3n) is 1.33. The lowest BCUT2D eigenvalue weighted by atomic mass is 9.93. The van der Waals surface area contributed by atoms with Gasteiger partial charge in [-0.25, -0.2) is 0 Å². The second-order valence-electron chi connectivity index (χ2n) is 3.31. The Labute approximate surface area is 63.9 Å². The van der Waals surface area contributed by atoms with Crippen molar-refractivity contribution in [1.82, 2.24) is 4.98 Å². The molecule has 0 aliphatic carbocycles. The zero-order valence-corrected chi connectivity index (χ0v) is 7.21. The van der Waals surface area contributed by atoms with Crippen molar-refractivity contribution in [3.8, 4) is 0 Å². The number of hydrogen-bond acceptors (Lipinski definition) is 2. The quantitative estimate of drug-likeness (QED) is 0.611. The summed E-state index contributed by atoms with van der Waals surface area (Å²) in [4.78, 5) is 13.5. The molecule has 0 atom stereocenters. The fourth-order valence-electron chi connectivity index (χ4n) is 0.646. The van der Waals surface area contributed by atoms with Crippen LogP contribution < -0.4 is 4.87 Å². The zero-order chi connectivity index (χ0) is 7.78. The first kappa shape index (κ1) is 7.54. The Morgan fingerprint density at radius 2 is 2.10 bits per heavy atom. The van der Waals surface area contributed by atoms with Crippen molar-refractivity contribution in [2.24, 2.45) is 0 Å². The molecule has 0 amide bonds. The molecule has 1 rings (SSSR count). The Balaban J connectivity index is 3.07. The van der Waals surface area contributed by atoms with Crippen molar-refractivity contribution in [2.45, 2.75) is 26.2 Å². The molecule has 0 bridgehead atoms. The summed E-state index contributed by atoms with van der Waals surface area (Å²) in [7, 11) is 0. The smallest absolute Gasteiger partial charge is 0.304 e. The van der Waals surface area contributed by atoms with Gasteiger partial charge in [0.2, 0.25) is 0 Å². The second-order valence-corrected chi connectivity index (χ2v) is 4.15. The summed E-state index contributed by atoms with van der Waals surface area (Å²) in [6, 6.07) is 0. The standard InChI is InChI=1S/C7H11NOS/c1-7(2,3)5-4-10-6(9)8-5/h4H,1-3H3,(H,8,9). The van der Waals surface area contributed by atoms with Gasteiger partial charge in [0.1, 0.15) is 0 Å². The molecule has 56 valence electrons. The number of hydrogen-bond donors (Lipinski definition) is 1. The summed E-state index contributed by atoms with van der Waals surface area (Å²) in [6.45, 7) is 6.22. The van der Waals surface area contributed by atoms with Gasteiger partial charge in [-0.1, -0.05) is 32.1 Å². The minimum atomic E-state index is 0.0323. The number of aromatic nitrogens is 1. The van der Waals surface area contributed by atoms with Crippen LogP contribution in [-0.4, -0.2) is 4.98 Å². The third kappa shape index (κ3) is 1.48. The van der Waals surface area contributed by atoms with Crippen LogP contribution in [0, 0.1) is 0 Å². The molecule has 10 heavy (non-hydrogen) atoms. The monoisotopic (exact) mass is 157 g/mol. The second kappa shape index (κ2) is 2.23. The molecule has 0 unspecified atom stereocenters. The summed E-state index contributed by atoms with van der Waals surface area (Å²) in [6.07, 6.45) is 0. The van der Waals surface area contributed by atoms with Gasteiger partial charge in [0.25, 0.3) is 0 Å². The van der Waals surface area contributed by atoms with Crippen molar-refractivity contribution < 1.29 is 0 Å². The largest absolute Gasteiger partial charge is 0.316 e.